The molecule has 2 fully saturated rings. The number of nitrogens with one attached hydrogen (secondary N) is 2. The molecule has 9 nitrogen and oxygen atoms in total. The van der Waals surface area contributed by atoms with Crippen LogP contribution in [0.2, 0.25) is 5.02 Å². The average Bonchev–Trinajstić information content (AvgIpc) is 3.23. The molecule has 11 heteroatoms. The Labute approximate surface area is 235 Å². The highest BCUT2D eigenvalue weighted by Crippen LogP contribution is 2.56. The molecule has 5 aromatic rings. The Morgan fingerprint density at radius 1 is 1.13 bits per heavy atom. The van der Waals surface area contributed by atoms with Gasteiger partial charge in [-0.1, -0.05) is 48.9 Å². The van der Waals surface area contributed by atoms with Crippen molar-refractivity contribution in [2.24, 2.45) is 17.6 Å². The molecule has 1 saturated carbocycles. The Morgan fingerprint density at radius 3 is 2.69 bits per heavy atom. The molecule has 2 unspecified atom stereocenters. The van der Waals surface area contributed by atoms with Crippen molar-refractivity contribution in [3.63, 3.8) is 0 Å². The van der Waals surface area contributed by atoms with Crippen LogP contribution in [-0.4, -0.2) is 55.1 Å². The van der Waals surface area contributed by atoms with Crippen LogP contribution in [-0.2, 0) is 13.0 Å². The molecular formula is C28H28ClN9S. The highest BCUT2D eigenvalue weighted by molar-refractivity contribution is 7.99. The van der Waals surface area contributed by atoms with Crippen molar-refractivity contribution in [1.82, 2.24) is 35.2 Å². The third kappa shape index (κ3) is 4.22. The van der Waals surface area contributed by atoms with Crippen LogP contribution < -0.4 is 16.0 Å². The fourth-order valence-electron chi connectivity index (χ4n) is 6.00. The smallest absolute Gasteiger partial charge is 0.196 e. The van der Waals surface area contributed by atoms with Crippen LogP contribution in [0.3, 0.4) is 0 Å². The average molecular weight is 558 g/mol. The van der Waals surface area contributed by atoms with Crippen molar-refractivity contribution in [1.29, 1.82) is 0 Å². The molecule has 7 rings (SSSR count). The van der Waals surface area contributed by atoms with Gasteiger partial charge in [0.25, 0.3) is 0 Å². The number of hydrogen-bond donors (Lipinski definition) is 3. The quantitative estimate of drug-likeness (QED) is 0.241. The van der Waals surface area contributed by atoms with Crippen LogP contribution in [0.25, 0.3) is 22.2 Å². The number of rotatable bonds is 8. The van der Waals surface area contributed by atoms with E-state index < -0.39 is 0 Å². The molecule has 1 aliphatic heterocycles. The number of pyridine rings is 1. The monoisotopic (exact) mass is 557 g/mol. The van der Waals surface area contributed by atoms with Gasteiger partial charge in [0, 0.05) is 72.7 Å². The van der Waals surface area contributed by atoms with Crippen molar-refractivity contribution in [3.8, 4) is 0 Å². The summed E-state index contributed by atoms with van der Waals surface area (Å²) in [6.45, 7) is 5.26. The number of aromatic amines is 1. The van der Waals surface area contributed by atoms with E-state index in [9.17, 15) is 0 Å². The first-order valence-corrected chi connectivity index (χ1v) is 14.4. The van der Waals surface area contributed by atoms with Gasteiger partial charge in [-0.05, 0) is 29.8 Å². The minimum Gasteiger partial charge on any atom is -0.355 e. The molecule has 0 spiro atoms. The van der Waals surface area contributed by atoms with Crippen LogP contribution in [0.4, 0.5) is 5.82 Å². The normalized spacial score (nSPS) is 22.1. The van der Waals surface area contributed by atoms with Crippen molar-refractivity contribution in [3.05, 3.63) is 71.3 Å². The van der Waals surface area contributed by atoms with Crippen LogP contribution in [0.15, 0.2) is 65.0 Å². The number of hydrogen-bond acceptors (Lipinski definition) is 9. The summed E-state index contributed by atoms with van der Waals surface area (Å²) in [5.74, 6) is 1.79. The molecule has 1 aromatic carbocycles. The third-order valence-corrected chi connectivity index (χ3v) is 9.36. The first kappa shape index (κ1) is 24.7. The summed E-state index contributed by atoms with van der Waals surface area (Å²) in [4.78, 5) is 29.7. The van der Waals surface area contributed by atoms with Gasteiger partial charge < -0.3 is 20.9 Å². The summed E-state index contributed by atoms with van der Waals surface area (Å²) in [5, 5.41) is 6.02. The Morgan fingerprint density at radius 2 is 1.92 bits per heavy atom. The number of nitrogens with two attached hydrogens (primary N) is 1. The van der Waals surface area contributed by atoms with E-state index in [-0.39, 0.29) is 5.54 Å². The van der Waals surface area contributed by atoms with E-state index in [0.29, 0.717) is 34.2 Å². The maximum absolute atomic E-state index is 6.86. The molecule has 1 saturated heterocycles. The zero-order valence-corrected chi connectivity index (χ0v) is 23.0. The second-order valence-corrected chi connectivity index (χ2v) is 11.6. The first-order valence-electron chi connectivity index (χ1n) is 13.2. The molecule has 2 atom stereocenters. The SMILES string of the molecule is CCc1[nH]c2nc(Sc3cnc4nccnc4c3)nc(N3CC4C(C3)C4(CN)NCc3ccccc3)c2c1Cl. The standard InChI is InChI=1S/C28H28ClN9S/c1-2-20-23(29)22-25(35-20)36-27(39-17-10-21-24(33-12-17)32-9-8-31-21)37-26(22)38-13-18-19(14-38)28(18,15-30)34-11-16-6-4-3-5-7-16/h3-10,12,18-19,34H,2,11,13-15,30H2,1H3,(H,35,36,37). The number of fused-ring (bicyclic) bond motifs is 3. The number of halogens is 1. The fourth-order valence-corrected chi connectivity index (χ4v) is 7.11. The second-order valence-electron chi connectivity index (χ2n) is 10.2. The number of anilines is 1. The van der Waals surface area contributed by atoms with E-state index in [1.807, 2.05) is 12.1 Å². The van der Waals surface area contributed by atoms with E-state index in [2.05, 4.69) is 61.3 Å². The van der Waals surface area contributed by atoms with E-state index in [4.69, 9.17) is 27.3 Å². The summed E-state index contributed by atoms with van der Waals surface area (Å²) in [7, 11) is 0. The number of nitrogens with zero attached hydrogens (tertiary/aromatic N) is 6. The van der Waals surface area contributed by atoms with Crippen LogP contribution >= 0.6 is 23.4 Å². The molecule has 1 aliphatic carbocycles. The Hall–Kier alpha value is -3.31. The highest BCUT2D eigenvalue weighted by atomic mass is 35.5. The predicted octanol–water partition coefficient (Wildman–Crippen LogP) is 4.22. The van der Waals surface area contributed by atoms with Crippen LogP contribution in [0.5, 0.6) is 0 Å². The van der Waals surface area contributed by atoms with Crippen molar-refractivity contribution < 1.29 is 0 Å². The number of H-pyrrole nitrogens is 1. The minimum atomic E-state index is -0.0373. The summed E-state index contributed by atoms with van der Waals surface area (Å²) < 4.78 is 0. The molecule has 0 radical (unpaired) electrons. The predicted molar refractivity (Wildman–Crippen MR) is 154 cm³/mol. The zero-order valence-electron chi connectivity index (χ0n) is 21.4. The van der Waals surface area contributed by atoms with Gasteiger partial charge in [-0.3, -0.25) is 4.98 Å². The first-order chi connectivity index (χ1) is 19.1. The van der Waals surface area contributed by atoms with Gasteiger partial charge in [0.2, 0.25) is 0 Å². The number of aryl methyl sites for hydroxylation is 1. The molecule has 0 amide bonds. The van der Waals surface area contributed by atoms with Gasteiger partial charge in [0.15, 0.2) is 10.8 Å². The van der Waals surface area contributed by atoms with Crippen molar-refractivity contribution in [2.45, 2.75) is 35.5 Å². The molecular weight excluding hydrogens is 530 g/mol. The third-order valence-electron chi connectivity index (χ3n) is 8.12. The lowest BCUT2D eigenvalue weighted by Gasteiger charge is -2.28. The topological polar surface area (TPSA) is 122 Å². The van der Waals surface area contributed by atoms with Crippen LogP contribution in [0.1, 0.15) is 18.2 Å². The minimum absolute atomic E-state index is 0.0373. The van der Waals surface area contributed by atoms with Gasteiger partial charge in [0.05, 0.1) is 10.4 Å². The summed E-state index contributed by atoms with van der Waals surface area (Å²) >= 11 is 8.33. The van der Waals surface area contributed by atoms with Gasteiger partial charge in [-0.25, -0.2) is 19.9 Å². The molecule has 4 N–H and O–H groups in total. The Balaban J connectivity index is 1.18. The number of benzene rings is 1. The maximum atomic E-state index is 6.86. The van der Waals surface area contributed by atoms with Gasteiger partial charge in [-0.2, -0.15) is 0 Å². The van der Waals surface area contributed by atoms with Gasteiger partial charge in [0.1, 0.15) is 17.0 Å². The summed E-state index contributed by atoms with van der Waals surface area (Å²) in [6.07, 6.45) is 5.88. The van der Waals surface area contributed by atoms with Crippen LogP contribution in [0, 0.1) is 11.8 Å². The van der Waals surface area contributed by atoms with Crippen molar-refractivity contribution in [2.75, 3.05) is 24.5 Å². The molecule has 39 heavy (non-hydrogen) atoms. The second kappa shape index (κ2) is 9.71. The fraction of sp³-hybridized carbons (Fsp3) is 0.321. The molecule has 198 valence electrons. The zero-order chi connectivity index (χ0) is 26.6. The van der Waals surface area contributed by atoms with Gasteiger partial charge >= 0.3 is 0 Å². The molecule has 0 bridgehead atoms. The van der Waals surface area contributed by atoms with E-state index >= 15 is 0 Å². The van der Waals surface area contributed by atoms with E-state index in [0.717, 1.165) is 59.0 Å². The number of piperidine rings is 1. The van der Waals surface area contributed by atoms with Crippen molar-refractivity contribution >= 4 is 51.4 Å². The maximum Gasteiger partial charge on any atom is 0.196 e. The van der Waals surface area contributed by atoms with E-state index in [1.165, 1.54) is 17.3 Å². The lowest BCUT2D eigenvalue weighted by molar-refractivity contribution is 0.425. The Bertz CT molecular complexity index is 1660. The lowest BCUT2D eigenvalue weighted by Crippen LogP contribution is -2.46. The van der Waals surface area contributed by atoms with Gasteiger partial charge in [-0.15, -0.1) is 0 Å². The molecule has 5 heterocycles. The number of aromatic nitrogens is 6. The summed E-state index contributed by atoms with van der Waals surface area (Å²) in [5.41, 5.74) is 10.6. The Kier molecular flexibility index (Phi) is 6.15. The van der Waals surface area contributed by atoms with E-state index in [1.54, 1.807) is 18.6 Å². The molecule has 2 aliphatic rings. The summed E-state index contributed by atoms with van der Waals surface area (Å²) in [6, 6.07) is 12.5. The largest absolute Gasteiger partial charge is 0.355 e. The highest BCUT2D eigenvalue weighted by Gasteiger charge is 2.67. The molecule has 4 aromatic heterocycles. The lowest BCUT2D eigenvalue weighted by atomic mass is 10.1.